The first-order valence-electron chi connectivity index (χ1n) is 3.98. The van der Waals surface area contributed by atoms with Crippen molar-refractivity contribution >= 4 is 11.8 Å². The average molecular weight is 171 g/mol. The van der Waals surface area contributed by atoms with Crippen LogP contribution in [0, 0.1) is 5.92 Å². The lowest BCUT2D eigenvalue weighted by atomic mass is 10.1. The fourth-order valence-corrected chi connectivity index (χ4v) is 1.21. The van der Waals surface area contributed by atoms with Crippen molar-refractivity contribution in [3.05, 3.63) is 0 Å². The first kappa shape index (κ1) is 8.99. The van der Waals surface area contributed by atoms with Gasteiger partial charge in [0, 0.05) is 6.54 Å². The van der Waals surface area contributed by atoms with E-state index in [1.807, 2.05) is 0 Å². The van der Waals surface area contributed by atoms with E-state index in [9.17, 15) is 9.59 Å². The Kier molecular flexibility index (Phi) is 3.04. The van der Waals surface area contributed by atoms with Crippen molar-refractivity contribution in [2.75, 3.05) is 19.6 Å². The normalized spacial score (nSPS) is 22.2. The van der Waals surface area contributed by atoms with Crippen LogP contribution in [0.25, 0.3) is 0 Å². The molecule has 5 heteroatoms. The quantitative estimate of drug-likeness (QED) is 0.428. The highest BCUT2D eigenvalue weighted by Gasteiger charge is 2.16. The summed E-state index contributed by atoms with van der Waals surface area (Å²) in [5.74, 6) is -1.17. The van der Waals surface area contributed by atoms with Crippen molar-refractivity contribution in [3.8, 4) is 0 Å². The highest BCUT2D eigenvalue weighted by molar-refractivity contribution is 6.34. The van der Waals surface area contributed by atoms with Crippen LogP contribution in [0.1, 0.15) is 6.42 Å². The molecule has 0 aromatic heterocycles. The lowest BCUT2D eigenvalue weighted by Crippen LogP contribution is -2.38. The van der Waals surface area contributed by atoms with Crippen molar-refractivity contribution in [2.45, 2.75) is 6.42 Å². The van der Waals surface area contributed by atoms with Gasteiger partial charge in [0.2, 0.25) is 0 Å². The van der Waals surface area contributed by atoms with E-state index < -0.39 is 11.8 Å². The lowest BCUT2D eigenvalue weighted by Gasteiger charge is -2.07. The van der Waals surface area contributed by atoms with Gasteiger partial charge in [-0.3, -0.25) is 9.59 Å². The molecular formula is C7H13N3O2. The van der Waals surface area contributed by atoms with Gasteiger partial charge < -0.3 is 16.4 Å². The van der Waals surface area contributed by atoms with Crippen LogP contribution in [0.2, 0.25) is 0 Å². The summed E-state index contributed by atoms with van der Waals surface area (Å²) in [4.78, 5) is 21.0. The second-order valence-corrected chi connectivity index (χ2v) is 2.93. The fraction of sp³-hybridized carbons (Fsp3) is 0.714. The number of nitrogens with one attached hydrogen (secondary N) is 2. The van der Waals surface area contributed by atoms with Crippen molar-refractivity contribution in [1.29, 1.82) is 0 Å². The van der Waals surface area contributed by atoms with E-state index in [0.717, 1.165) is 19.5 Å². The van der Waals surface area contributed by atoms with Crippen LogP contribution in [0.3, 0.4) is 0 Å². The molecule has 1 aliphatic rings. The first-order chi connectivity index (χ1) is 5.70. The van der Waals surface area contributed by atoms with Crippen LogP contribution in [-0.4, -0.2) is 31.4 Å². The number of amides is 2. The Morgan fingerprint density at radius 2 is 2.33 bits per heavy atom. The van der Waals surface area contributed by atoms with Crippen LogP contribution in [-0.2, 0) is 9.59 Å². The molecule has 1 fully saturated rings. The minimum Gasteiger partial charge on any atom is -0.361 e. The van der Waals surface area contributed by atoms with Gasteiger partial charge in [0.25, 0.3) is 0 Å². The molecule has 0 spiro atoms. The third-order valence-corrected chi connectivity index (χ3v) is 1.94. The molecule has 1 saturated heterocycles. The van der Waals surface area contributed by atoms with E-state index in [-0.39, 0.29) is 0 Å². The topological polar surface area (TPSA) is 84.2 Å². The number of primary amides is 1. The summed E-state index contributed by atoms with van der Waals surface area (Å²) >= 11 is 0. The second kappa shape index (κ2) is 4.06. The zero-order valence-electron chi connectivity index (χ0n) is 6.80. The van der Waals surface area contributed by atoms with E-state index in [2.05, 4.69) is 10.6 Å². The Labute approximate surface area is 70.7 Å². The smallest absolute Gasteiger partial charge is 0.309 e. The molecule has 0 radical (unpaired) electrons. The maximum Gasteiger partial charge on any atom is 0.309 e. The molecular weight excluding hydrogens is 158 g/mol. The Bertz CT molecular complexity index is 187. The maximum absolute atomic E-state index is 10.7. The second-order valence-electron chi connectivity index (χ2n) is 2.93. The van der Waals surface area contributed by atoms with Crippen LogP contribution < -0.4 is 16.4 Å². The third kappa shape index (κ3) is 2.50. The number of rotatable bonds is 2. The van der Waals surface area contributed by atoms with Gasteiger partial charge in [-0.1, -0.05) is 0 Å². The molecule has 0 bridgehead atoms. The van der Waals surface area contributed by atoms with Crippen LogP contribution in [0.5, 0.6) is 0 Å². The van der Waals surface area contributed by atoms with Gasteiger partial charge in [0.05, 0.1) is 0 Å². The standard InChI is InChI=1S/C7H13N3O2/c8-6(11)7(12)10-4-5-1-2-9-3-5/h5,9H,1-4H2,(H2,8,11)(H,10,12). The predicted octanol–water partition coefficient (Wildman–Crippen LogP) is -1.80. The monoisotopic (exact) mass is 171 g/mol. The van der Waals surface area contributed by atoms with Crippen LogP contribution in [0.4, 0.5) is 0 Å². The minimum atomic E-state index is -0.916. The molecule has 0 aromatic carbocycles. The van der Waals surface area contributed by atoms with Gasteiger partial charge in [-0.25, -0.2) is 0 Å². The van der Waals surface area contributed by atoms with E-state index in [0.29, 0.717) is 12.5 Å². The van der Waals surface area contributed by atoms with Crippen LogP contribution in [0.15, 0.2) is 0 Å². The predicted molar refractivity (Wildman–Crippen MR) is 43.2 cm³/mol. The lowest BCUT2D eigenvalue weighted by molar-refractivity contribution is -0.137. The molecule has 1 rings (SSSR count). The molecule has 1 atom stereocenters. The molecule has 2 amide bonds. The van der Waals surface area contributed by atoms with E-state index in [1.54, 1.807) is 0 Å². The van der Waals surface area contributed by atoms with Crippen molar-refractivity contribution in [2.24, 2.45) is 11.7 Å². The number of carbonyl (C=O) groups is 2. The Morgan fingerprint density at radius 1 is 1.58 bits per heavy atom. The summed E-state index contributed by atoms with van der Waals surface area (Å²) in [6, 6.07) is 0. The Hall–Kier alpha value is -1.10. The third-order valence-electron chi connectivity index (χ3n) is 1.94. The molecule has 5 nitrogen and oxygen atoms in total. The van der Waals surface area contributed by atoms with Gasteiger partial charge >= 0.3 is 11.8 Å². The summed E-state index contributed by atoms with van der Waals surface area (Å²) in [7, 11) is 0. The molecule has 68 valence electrons. The fourth-order valence-electron chi connectivity index (χ4n) is 1.21. The Morgan fingerprint density at radius 3 is 2.83 bits per heavy atom. The maximum atomic E-state index is 10.7. The highest BCUT2D eigenvalue weighted by Crippen LogP contribution is 2.04. The highest BCUT2D eigenvalue weighted by atomic mass is 16.2. The van der Waals surface area contributed by atoms with Crippen LogP contribution >= 0.6 is 0 Å². The molecule has 12 heavy (non-hydrogen) atoms. The van der Waals surface area contributed by atoms with Gasteiger partial charge in [-0.15, -0.1) is 0 Å². The first-order valence-corrected chi connectivity index (χ1v) is 3.98. The number of nitrogens with two attached hydrogens (primary N) is 1. The molecule has 0 aliphatic carbocycles. The zero-order valence-corrected chi connectivity index (χ0v) is 6.80. The summed E-state index contributed by atoms with van der Waals surface area (Å²) in [6.07, 6.45) is 1.04. The van der Waals surface area contributed by atoms with Crippen molar-refractivity contribution in [1.82, 2.24) is 10.6 Å². The van der Waals surface area contributed by atoms with Gasteiger partial charge in [-0.2, -0.15) is 0 Å². The molecule has 1 aliphatic heterocycles. The number of carbonyl (C=O) groups excluding carboxylic acids is 2. The number of hydrogen-bond donors (Lipinski definition) is 3. The van der Waals surface area contributed by atoms with Gasteiger partial charge in [-0.05, 0) is 25.4 Å². The molecule has 1 unspecified atom stereocenters. The summed E-state index contributed by atoms with van der Waals surface area (Å²) in [5, 5.41) is 5.63. The van der Waals surface area contributed by atoms with E-state index in [1.165, 1.54) is 0 Å². The van der Waals surface area contributed by atoms with Crippen molar-refractivity contribution in [3.63, 3.8) is 0 Å². The molecule has 4 N–H and O–H groups in total. The minimum absolute atomic E-state index is 0.438. The molecule has 0 saturated carbocycles. The zero-order chi connectivity index (χ0) is 8.97. The summed E-state index contributed by atoms with van der Waals surface area (Å²) in [5.41, 5.74) is 4.75. The van der Waals surface area contributed by atoms with E-state index >= 15 is 0 Å². The SMILES string of the molecule is NC(=O)C(=O)NCC1CCNC1. The average Bonchev–Trinajstić information content (AvgIpc) is 2.51. The van der Waals surface area contributed by atoms with Crippen molar-refractivity contribution < 1.29 is 9.59 Å². The molecule has 0 aromatic rings. The number of hydrogen-bond acceptors (Lipinski definition) is 3. The Balaban J connectivity index is 2.16. The van der Waals surface area contributed by atoms with E-state index in [4.69, 9.17) is 5.73 Å². The summed E-state index contributed by atoms with van der Waals surface area (Å²) < 4.78 is 0. The largest absolute Gasteiger partial charge is 0.361 e. The summed E-state index contributed by atoms with van der Waals surface area (Å²) in [6.45, 7) is 2.42. The van der Waals surface area contributed by atoms with Gasteiger partial charge in [0.15, 0.2) is 0 Å². The van der Waals surface area contributed by atoms with Gasteiger partial charge in [0.1, 0.15) is 0 Å². The molecule has 1 heterocycles.